The molecule has 0 bridgehead atoms. The van der Waals surface area contributed by atoms with Gasteiger partial charge in [0, 0.05) is 5.56 Å². The zero-order chi connectivity index (χ0) is 9.76. The molecule has 1 fully saturated rings. The summed E-state index contributed by atoms with van der Waals surface area (Å²) in [5, 5.41) is 0. The van der Waals surface area contributed by atoms with E-state index in [-0.39, 0.29) is 11.9 Å². The molecule has 0 N–H and O–H groups in total. The molecule has 2 nitrogen and oxygen atoms in total. The van der Waals surface area contributed by atoms with Gasteiger partial charge in [-0.15, -0.1) is 0 Å². The molecule has 0 radical (unpaired) electrons. The summed E-state index contributed by atoms with van der Waals surface area (Å²) in [5.74, 6) is 0.187. The number of hydrogen-bond acceptors (Lipinski definition) is 2. The van der Waals surface area contributed by atoms with Crippen molar-refractivity contribution in [3.8, 4) is 0 Å². The largest absolute Gasteiger partial charge is 0.358 e. The Hall–Kier alpha value is -1.15. The van der Waals surface area contributed by atoms with Crippen molar-refractivity contribution in [2.45, 2.75) is 31.5 Å². The summed E-state index contributed by atoms with van der Waals surface area (Å²) < 4.78 is 5.46. The van der Waals surface area contributed by atoms with Crippen LogP contribution < -0.4 is 0 Å². The monoisotopic (exact) mass is 188 g/mol. The van der Waals surface area contributed by atoms with Gasteiger partial charge >= 0.3 is 0 Å². The Balaban J connectivity index is 2.09. The minimum atomic E-state index is -0.450. The lowest BCUT2D eigenvalue weighted by Gasteiger charge is -2.20. The highest BCUT2D eigenvalue weighted by Crippen LogP contribution is 2.46. The second-order valence-corrected chi connectivity index (χ2v) is 4.14. The Morgan fingerprint density at radius 1 is 1.43 bits per heavy atom. The molecule has 2 aliphatic rings. The minimum Gasteiger partial charge on any atom is -0.358 e. The first-order valence-electron chi connectivity index (χ1n) is 5.04. The highest BCUT2D eigenvalue weighted by atomic mass is 16.6. The highest BCUT2D eigenvalue weighted by Gasteiger charge is 2.60. The summed E-state index contributed by atoms with van der Waals surface area (Å²) in [7, 11) is 0. The predicted octanol–water partition coefficient (Wildman–Crippen LogP) is 1.97. The number of ketones is 1. The summed E-state index contributed by atoms with van der Waals surface area (Å²) in [6.07, 6.45) is 1.93. The smallest absolute Gasteiger partial charge is 0.197 e. The van der Waals surface area contributed by atoms with Gasteiger partial charge in [-0.2, -0.15) is 0 Å². The van der Waals surface area contributed by atoms with E-state index < -0.39 is 5.60 Å². The second-order valence-electron chi connectivity index (χ2n) is 4.14. The first kappa shape index (κ1) is 8.18. The van der Waals surface area contributed by atoms with Crippen molar-refractivity contribution < 1.29 is 9.53 Å². The van der Waals surface area contributed by atoms with Gasteiger partial charge in [-0.1, -0.05) is 24.3 Å². The van der Waals surface area contributed by atoms with Gasteiger partial charge in [0.05, 0.1) is 6.10 Å². The molecule has 0 unspecified atom stereocenters. The zero-order valence-electron chi connectivity index (χ0n) is 8.12. The molecule has 0 aromatic heterocycles. The zero-order valence-corrected chi connectivity index (χ0v) is 8.12. The number of carbonyl (C=O) groups excluding carboxylic acids is 1. The molecule has 0 amide bonds. The van der Waals surface area contributed by atoms with E-state index in [1.165, 1.54) is 5.56 Å². The first-order valence-corrected chi connectivity index (χ1v) is 5.04. The van der Waals surface area contributed by atoms with E-state index in [2.05, 4.69) is 0 Å². The maximum absolute atomic E-state index is 12.1. The van der Waals surface area contributed by atoms with E-state index in [4.69, 9.17) is 4.74 Å². The molecule has 1 aliphatic carbocycles. The van der Waals surface area contributed by atoms with Crippen LogP contribution in [0.4, 0.5) is 0 Å². The standard InChI is InChI=1S/C12H12O2/c1-8-12(14-8)7-6-9-4-2-3-5-10(9)11(12)13/h2-5,8H,6-7H2,1H3/t8-,12-/m1/s1. The SMILES string of the molecule is C[C@H]1O[C@]12CCc1ccccc1C2=O. The van der Waals surface area contributed by atoms with Crippen LogP contribution in [0, 0.1) is 0 Å². The number of benzene rings is 1. The molecule has 1 aromatic carbocycles. The van der Waals surface area contributed by atoms with Gasteiger partial charge in [0.2, 0.25) is 0 Å². The molecule has 2 atom stereocenters. The average Bonchev–Trinajstić information content (AvgIpc) is 2.86. The van der Waals surface area contributed by atoms with Crippen LogP contribution >= 0.6 is 0 Å². The third-order valence-corrected chi connectivity index (χ3v) is 3.40. The summed E-state index contributed by atoms with van der Waals surface area (Å²) >= 11 is 0. The molecule has 72 valence electrons. The third kappa shape index (κ3) is 0.867. The third-order valence-electron chi connectivity index (χ3n) is 3.40. The predicted molar refractivity (Wildman–Crippen MR) is 52.4 cm³/mol. The van der Waals surface area contributed by atoms with E-state index in [1.54, 1.807) is 0 Å². The van der Waals surface area contributed by atoms with Crippen LogP contribution in [0.3, 0.4) is 0 Å². The first-order chi connectivity index (χ1) is 6.74. The maximum Gasteiger partial charge on any atom is 0.197 e. The van der Waals surface area contributed by atoms with Gasteiger partial charge in [0.15, 0.2) is 11.4 Å². The van der Waals surface area contributed by atoms with Gasteiger partial charge in [0.25, 0.3) is 0 Å². The van der Waals surface area contributed by atoms with Gasteiger partial charge in [0.1, 0.15) is 0 Å². The fraction of sp³-hybridized carbons (Fsp3) is 0.417. The van der Waals surface area contributed by atoms with Crippen molar-refractivity contribution in [3.05, 3.63) is 35.4 Å². The van der Waals surface area contributed by atoms with Crippen molar-refractivity contribution in [3.63, 3.8) is 0 Å². The summed E-state index contributed by atoms with van der Waals surface area (Å²) in [6.45, 7) is 1.98. The normalized spacial score (nSPS) is 34.4. The molecular weight excluding hydrogens is 176 g/mol. The van der Waals surface area contributed by atoms with E-state index in [0.29, 0.717) is 0 Å². The number of ether oxygens (including phenoxy) is 1. The molecular formula is C12H12O2. The molecule has 3 rings (SSSR count). The summed E-state index contributed by atoms with van der Waals surface area (Å²) in [4.78, 5) is 12.1. The molecule has 1 heterocycles. The second kappa shape index (κ2) is 2.45. The van der Waals surface area contributed by atoms with E-state index in [0.717, 1.165) is 18.4 Å². The summed E-state index contributed by atoms with van der Waals surface area (Å²) in [6, 6.07) is 7.85. The van der Waals surface area contributed by atoms with Crippen LogP contribution in [0.1, 0.15) is 29.3 Å². The molecule has 2 heteroatoms. The average molecular weight is 188 g/mol. The van der Waals surface area contributed by atoms with Crippen molar-refractivity contribution >= 4 is 5.78 Å². The van der Waals surface area contributed by atoms with Crippen LogP contribution in [0.15, 0.2) is 24.3 Å². The van der Waals surface area contributed by atoms with Crippen molar-refractivity contribution in [2.75, 3.05) is 0 Å². The van der Waals surface area contributed by atoms with Crippen molar-refractivity contribution in [1.29, 1.82) is 0 Å². The van der Waals surface area contributed by atoms with Crippen LogP contribution in [0.5, 0.6) is 0 Å². The molecule has 1 spiro atoms. The fourth-order valence-corrected chi connectivity index (χ4v) is 2.40. The number of hydrogen-bond donors (Lipinski definition) is 0. The Morgan fingerprint density at radius 2 is 2.14 bits per heavy atom. The van der Waals surface area contributed by atoms with Gasteiger partial charge in [-0.05, 0) is 25.3 Å². The minimum absolute atomic E-state index is 0.114. The number of carbonyl (C=O) groups is 1. The number of epoxide rings is 1. The quantitative estimate of drug-likeness (QED) is 0.582. The Morgan fingerprint density at radius 3 is 2.86 bits per heavy atom. The van der Waals surface area contributed by atoms with E-state index in [9.17, 15) is 4.79 Å². The van der Waals surface area contributed by atoms with Gasteiger partial charge in [-0.3, -0.25) is 4.79 Å². The number of aryl methyl sites for hydroxylation is 1. The van der Waals surface area contributed by atoms with Crippen LogP contribution in [-0.4, -0.2) is 17.5 Å². The van der Waals surface area contributed by atoms with Crippen LogP contribution in [-0.2, 0) is 11.2 Å². The Labute approximate surface area is 82.9 Å². The lowest BCUT2D eigenvalue weighted by Crippen LogP contribution is -2.32. The van der Waals surface area contributed by atoms with E-state index in [1.807, 2.05) is 31.2 Å². The Bertz CT molecular complexity index is 411. The Kier molecular flexibility index (Phi) is 1.43. The van der Waals surface area contributed by atoms with Gasteiger partial charge in [-0.25, -0.2) is 0 Å². The van der Waals surface area contributed by atoms with Crippen molar-refractivity contribution in [2.24, 2.45) is 0 Å². The number of Topliss-reactive ketones (excluding diaryl/α,β-unsaturated/α-hetero) is 1. The highest BCUT2D eigenvalue weighted by molar-refractivity contribution is 6.06. The van der Waals surface area contributed by atoms with Crippen LogP contribution in [0.25, 0.3) is 0 Å². The lowest BCUT2D eigenvalue weighted by molar-refractivity contribution is 0.0850. The van der Waals surface area contributed by atoms with E-state index >= 15 is 0 Å². The number of fused-ring (bicyclic) bond motifs is 1. The molecule has 0 saturated carbocycles. The van der Waals surface area contributed by atoms with Gasteiger partial charge < -0.3 is 4.74 Å². The maximum atomic E-state index is 12.1. The topological polar surface area (TPSA) is 29.6 Å². The number of rotatable bonds is 0. The summed E-state index contributed by atoms with van der Waals surface area (Å²) in [5.41, 5.74) is 1.59. The molecule has 1 aliphatic heterocycles. The molecule has 1 aromatic rings. The van der Waals surface area contributed by atoms with Crippen LogP contribution in [0.2, 0.25) is 0 Å². The van der Waals surface area contributed by atoms with Crippen molar-refractivity contribution in [1.82, 2.24) is 0 Å². The fourth-order valence-electron chi connectivity index (χ4n) is 2.40. The molecule has 1 saturated heterocycles. The lowest BCUT2D eigenvalue weighted by atomic mass is 9.81. The molecule has 14 heavy (non-hydrogen) atoms.